The lowest BCUT2D eigenvalue weighted by atomic mass is 9.99. The van der Waals surface area contributed by atoms with Gasteiger partial charge in [-0.15, -0.1) is 12.4 Å². The first-order chi connectivity index (χ1) is 7.56. The summed E-state index contributed by atoms with van der Waals surface area (Å²) in [6, 6.07) is -0.566. The summed E-state index contributed by atoms with van der Waals surface area (Å²) in [7, 11) is 0. The second kappa shape index (κ2) is 10.4. The van der Waals surface area contributed by atoms with E-state index in [0.29, 0.717) is 6.61 Å². The molecule has 0 bridgehead atoms. The Bertz CT molecular complexity index is 237. The van der Waals surface area contributed by atoms with Crippen LogP contribution in [-0.2, 0) is 14.3 Å². The van der Waals surface area contributed by atoms with E-state index in [1.165, 1.54) is 0 Å². The molecule has 0 rings (SSSR count). The van der Waals surface area contributed by atoms with Crippen molar-refractivity contribution >= 4 is 24.3 Å². The second-order valence-electron chi connectivity index (χ2n) is 3.72. The molecule has 0 heterocycles. The van der Waals surface area contributed by atoms with E-state index in [1.54, 1.807) is 6.92 Å². The summed E-state index contributed by atoms with van der Waals surface area (Å²) in [5.74, 6) is -0.524. The Morgan fingerprint density at radius 1 is 1.35 bits per heavy atom. The number of nitrogens with two attached hydrogens (primary N) is 1. The average molecular weight is 267 g/mol. The maximum absolute atomic E-state index is 11.6. The van der Waals surface area contributed by atoms with Crippen LogP contribution in [0.1, 0.15) is 33.6 Å². The summed E-state index contributed by atoms with van der Waals surface area (Å²) in [4.78, 5) is 23.0. The zero-order valence-corrected chi connectivity index (χ0v) is 11.5. The lowest BCUT2D eigenvalue weighted by Crippen LogP contribution is -2.46. The van der Waals surface area contributed by atoms with Crippen LogP contribution in [0.4, 0.5) is 0 Å². The molecule has 102 valence electrons. The van der Waals surface area contributed by atoms with Crippen molar-refractivity contribution in [2.24, 2.45) is 11.7 Å². The zero-order valence-electron chi connectivity index (χ0n) is 10.7. The van der Waals surface area contributed by atoms with Gasteiger partial charge in [0, 0.05) is 13.0 Å². The highest BCUT2D eigenvalue weighted by atomic mass is 35.5. The van der Waals surface area contributed by atoms with Crippen molar-refractivity contribution in [2.75, 3.05) is 13.2 Å². The second-order valence-corrected chi connectivity index (χ2v) is 3.72. The van der Waals surface area contributed by atoms with Gasteiger partial charge in [0.25, 0.3) is 0 Å². The van der Waals surface area contributed by atoms with Gasteiger partial charge in [-0.2, -0.15) is 0 Å². The first kappa shape index (κ1) is 18.6. The molecule has 0 radical (unpaired) electrons. The van der Waals surface area contributed by atoms with E-state index in [1.807, 2.05) is 13.8 Å². The molecule has 5 nitrogen and oxygen atoms in total. The summed E-state index contributed by atoms with van der Waals surface area (Å²) in [5.41, 5.74) is 5.27. The molecule has 0 saturated carbocycles. The first-order valence-corrected chi connectivity index (χ1v) is 5.72. The molecule has 0 fully saturated rings. The summed E-state index contributed by atoms with van der Waals surface area (Å²) in [5, 5.41) is 2.66. The number of carbonyl (C=O) groups is 2. The van der Waals surface area contributed by atoms with Crippen molar-refractivity contribution in [1.82, 2.24) is 5.32 Å². The summed E-state index contributed by atoms with van der Waals surface area (Å²) >= 11 is 0. The molecule has 0 saturated heterocycles. The molecule has 0 aliphatic carbocycles. The van der Waals surface area contributed by atoms with Crippen LogP contribution in [0.15, 0.2) is 0 Å². The number of halogens is 1. The van der Waals surface area contributed by atoms with E-state index in [2.05, 4.69) is 5.32 Å². The number of rotatable bonds is 7. The highest BCUT2D eigenvalue weighted by Crippen LogP contribution is 2.09. The molecular formula is C11H23ClN2O3. The smallest absolute Gasteiger partial charge is 0.328 e. The standard InChI is InChI=1S/C11H22N2O3.ClH/c1-4-8(3)10(11(15)16-5-2)13-9(14)6-7-12;/h8,10H,4-7,12H2,1-3H3,(H,13,14);1H. The van der Waals surface area contributed by atoms with Gasteiger partial charge in [-0.3, -0.25) is 4.79 Å². The first-order valence-electron chi connectivity index (χ1n) is 5.72. The molecule has 0 aliphatic rings. The average Bonchev–Trinajstić information content (AvgIpc) is 2.25. The topological polar surface area (TPSA) is 81.4 Å². The van der Waals surface area contributed by atoms with E-state index in [4.69, 9.17) is 10.5 Å². The molecular weight excluding hydrogens is 244 g/mol. The lowest BCUT2D eigenvalue weighted by Gasteiger charge is -2.22. The molecule has 17 heavy (non-hydrogen) atoms. The number of ether oxygens (including phenoxy) is 1. The van der Waals surface area contributed by atoms with Crippen molar-refractivity contribution < 1.29 is 14.3 Å². The van der Waals surface area contributed by atoms with Crippen LogP contribution in [0, 0.1) is 5.92 Å². The normalized spacial score (nSPS) is 13.2. The molecule has 3 N–H and O–H groups in total. The van der Waals surface area contributed by atoms with Gasteiger partial charge in [0.05, 0.1) is 6.61 Å². The Balaban J connectivity index is 0. The van der Waals surface area contributed by atoms with Crippen molar-refractivity contribution in [3.63, 3.8) is 0 Å². The van der Waals surface area contributed by atoms with Crippen molar-refractivity contribution in [3.05, 3.63) is 0 Å². The Morgan fingerprint density at radius 3 is 2.35 bits per heavy atom. The number of hydrogen-bond donors (Lipinski definition) is 2. The third-order valence-corrected chi connectivity index (χ3v) is 2.44. The molecule has 0 spiro atoms. The van der Waals surface area contributed by atoms with E-state index in [-0.39, 0.29) is 43.2 Å². The maximum Gasteiger partial charge on any atom is 0.328 e. The van der Waals surface area contributed by atoms with Crippen LogP contribution in [0.2, 0.25) is 0 Å². The molecule has 2 unspecified atom stereocenters. The highest BCUT2D eigenvalue weighted by molar-refractivity contribution is 5.85. The minimum Gasteiger partial charge on any atom is -0.464 e. The fourth-order valence-corrected chi connectivity index (χ4v) is 1.28. The maximum atomic E-state index is 11.6. The molecule has 0 aliphatic heterocycles. The Labute approximate surface area is 109 Å². The Kier molecular flexibility index (Phi) is 11.3. The quantitative estimate of drug-likeness (QED) is 0.670. The van der Waals surface area contributed by atoms with Crippen molar-refractivity contribution in [1.29, 1.82) is 0 Å². The van der Waals surface area contributed by atoms with Crippen molar-refractivity contribution in [2.45, 2.75) is 39.7 Å². The Hall–Kier alpha value is -0.810. The number of esters is 1. The highest BCUT2D eigenvalue weighted by Gasteiger charge is 2.26. The predicted molar refractivity (Wildman–Crippen MR) is 68.9 cm³/mol. The van der Waals surface area contributed by atoms with E-state index < -0.39 is 6.04 Å². The van der Waals surface area contributed by atoms with Crippen molar-refractivity contribution in [3.8, 4) is 0 Å². The lowest BCUT2D eigenvalue weighted by molar-refractivity contribution is -0.149. The summed E-state index contributed by atoms with van der Waals surface area (Å²) in [6.45, 7) is 6.21. The van der Waals surface area contributed by atoms with Crippen LogP contribution in [0.3, 0.4) is 0 Å². The number of hydrogen-bond acceptors (Lipinski definition) is 4. The Morgan fingerprint density at radius 2 is 1.94 bits per heavy atom. The van der Waals surface area contributed by atoms with E-state index in [0.717, 1.165) is 6.42 Å². The van der Waals surface area contributed by atoms with E-state index >= 15 is 0 Å². The van der Waals surface area contributed by atoms with Gasteiger partial charge in [-0.05, 0) is 12.8 Å². The van der Waals surface area contributed by atoms with Gasteiger partial charge < -0.3 is 15.8 Å². The molecule has 0 aromatic rings. The summed E-state index contributed by atoms with van der Waals surface area (Å²) < 4.78 is 4.92. The summed E-state index contributed by atoms with van der Waals surface area (Å²) in [6.07, 6.45) is 1.03. The van der Waals surface area contributed by atoms with E-state index in [9.17, 15) is 9.59 Å². The van der Waals surface area contributed by atoms with Gasteiger partial charge in [0.1, 0.15) is 6.04 Å². The largest absolute Gasteiger partial charge is 0.464 e. The molecule has 1 amide bonds. The van der Waals surface area contributed by atoms with Crippen LogP contribution < -0.4 is 11.1 Å². The SMILES string of the molecule is CCOC(=O)C(NC(=O)CCN)C(C)CC.Cl. The minimum absolute atomic E-state index is 0. The van der Waals surface area contributed by atoms with Gasteiger partial charge >= 0.3 is 5.97 Å². The number of carbonyl (C=O) groups excluding carboxylic acids is 2. The van der Waals surface area contributed by atoms with Gasteiger partial charge in [-0.25, -0.2) is 4.79 Å². The number of amides is 1. The third kappa shape index (κ3) is 7.18. The fourth-order valence-electron chi connectivity index (χ4n) is 1.28. The molecule has 6 heteroatoms. The zero-order chi connectivity index (χ0) is 12.6. The van der Waals surface area contributed by atoms with Gasteiger partial charge in [0.15, 0.2) is 0 Å². The van der Waals surface area contributed by atoms with Gasteiger partial charge in [-0.1, -0.05) is 20.3 Å². The molecule has 0 aromatic heterocycles. The minimum atomic E-state index is -0.566. The van der Waals surface area contributed by atoms with Crippen LogP contribution in [0.25, 0.3) is 0 Å². The fraction of sp³-hybridized carbons (Fsp3) is 0.818. The monoisotopic (exact) mass is 266 g/mol. The van der Waals surface area contributed by atoms with Crippen LogP contribution in [0.5, 0.6) is 0 Å². The predicted octanol–water partition coefficient (Wildman–Crippen LogP) is 0.851. The van der Waals surface area contributed by atoms with Crippen LogP contribution >= 0.6 is 12.4 Å². The molecule has 0 aromatic carbocycles. The molecule has 2 atom stereocenters. The van der Waals surface area contributed by atoms with Gasteiger partial charge in [0.2, 0.25) is 5.91 Å². The van der Waals surface area contributed by atoms with Crippen LogP contribution in [-0.4, -0.2) is 31.1 Å². The number of nitrogens with one attached hydrogen (secondary N) is 1. The third-order valence-electron chi connectivity index (χ3n) is 2.44.